The number of hydrogen-bond donors (Lipinski definition) is 0. The Labute approximate surface area is 89.8 Å². The molecule has 0 spiro atoms. The van der Waals surface area contributed by atoms with Crippen LogP contribution in [0.5, 0.6) is 0 Å². The summed E-state index contributed by atoms with van der Waals surface area (Å²) in [5, 5.41) is 0. The zero-order valence-electron chi connectivity index (χ0n) is 6.08. The van der Waals surface area contributed by atoms with Crippen molar-refractivity contribution in [3.63, 3.8) is 0 Å². The second-order valence-electron chi connectivity index (χ2n) is 1.70. The summed E-state index contributed by atoms with van der Waals surface area (Å²) in [5.41, 5.74) is 0. The molecule has 10 heavy (non-hydrogen) atoms. The summed E-state index contributed by atoms with van der Waals surface area (Å²) in [4.78, 5) is 0. The third-order valence-corrected chi connectivity index (χ3v) is 1.15. The molecule has 0 amide bonds. The number of hydrogen-bond acceptors (Lipinski definition) is 0. The molecule has 0 unspecified atom stereocenters. The molecule has 0 N–H and O–H groups in total. The maximum Gasteiger partial charge on any atom is 0.0223 e. The van der Waals surface area contributed by atoms with Gasteiger partial charge in [0.15, 0.2) is 0 Å². The molecule has 0 aliphatic carbocycles. The Kier molecular flexibility index (Phi) is 24.6. The van der Waals surface area contributed by atoms with Gasteiger partial charge in [-0.25, -0.2) is 0 Å². The van der Waals surface area contributed by atoms with Crippen LogP contribution < -0.4 is 0 Å². The number of unbranched alkanes of at least 4 members (excludes halogenated alkanes) is 3. The van der Waals surface area contributed by atoms with E-state index < -0.39 is 0 Å². The fraction of sp³-hybridized carbons (Fsp3) is 0.833. The van der Waals surface area contributed by atoms with Crippen LogP contribution in [0.3, 0.4) is 0 Å². The van der Waals surface area contributed by atoms with E-state index in [1.165, 1.54) is 12.8 Å². The van der Waals surface area contributed by atoms with Crippen molar-refractivity contribution >= 4 is 38.8 Å². The molecule has 0 rings (SSSR count). The van der Waals surface area contributed by atoms with Crippen LogP contribution in [0.15, 0.2) is 0 Å². The first-order chi connectivity index (χ1) is 4.83. The minimum Gasteiger partial charge on any atom is -0.127 e. The molecular weight excluding hydrogens is 333 g/mol. The van der Waals surface area contributed by atoms with E-state index in [1.54, 1.807) is 0 Å². The van der Waals surface area contributed by atoms with Crippen molar-refractivity contribution in [1.29, 1.82) is 0 Å². The van der Waals surface area contributed by atoms with Gasteiger partial charge < -0.3 is 0 Å². The topological polar surface area (TPSA) is 0 Å². The Morgan fingerprint density at radius 1 is 1.20 bits per heavy atom. The van der Waals surface area contributed by atoms with Crippen molar-refractivity contribution in [2.45, 2.75) is 25.7 Å². The SMILES string of the molecule is [Br][Zn][Br].[CH2]CCCCCCl. The van der Waals surface area contributed by atoms with Crippen molar-refractivity contribution in [3.05, 3.63) is 6.92 Å². The van der Waals surface area contributed by atoms with E-state index in [0.717, 1.165) is 18.7 Å². The van der Waals surface area contributed by atoms with E-state index in [-0.39, 0.29) is 13.2 Å². The number of halogens is 3. The van der Waals surface area contributed by atoms with Crippen LogP contribution >= 0.6 is 38.8 Å². The molecule has 4 heteroatoms. The van der Waals surface area contributed by atoms with E-state index in [1.807, 2.05) is 0 Å². The van der Waals surface area contributed by atoms with Crippen molar-refractivity contribution in [2.75, 3.05) is 5.88 Å². The first-order valence-electron chi connectivity index (χ1n) is 3.30. The van der Waals surface area contributed by atoms with Crippen molar-refractivity contribution in [1.82, 2.24) is 0 Å². The van der Waals surface area contributed by atoms with E-state index >= 15 is 0 Å². The number of rotatable bonds is 4. The first-order valence-corrected chi connectivity index (χ1v) is 17.7. The van der Waals surface area contributed by atoms with Crippen LogP contribution in [0.2, 0.25) is 0 Å². The van der Waals surface area contributed by atoms with Gasteiger partial charge in [0.2, 0.25) is 0 Å². The Balaban J connectivity index is 0. The molecular formula is C6H12Br2ClZn. The monoisotopic (exact) mass is 341 g/mol. The maximum atomic E-state index is 5.42. The van der Waals surface area contributed by atoms with Crippen molar-refractivity contribution < 1.29 is 13.2 Å². The van der Waals surface area contributed by atoms with Gasteiger partial charge in [-0.15, -0.1) is 11.6 Å². The smallest absolute Gasteiger partial charge is 0.0223 e. The van der Waals surface area contributed by atoms with Gasteiger partial charge in [-0.1, -0.05) is 26.2 Å². The third kappa shape index (κ3) is 22.5. The summed E-state index contributed by atoms with van der Waals surface area (Å²) in [6.07, 6.45) is 4.67. The van der Waals surface area contributed by atoms with Gasteiger partial charge in [0, 0.05) is 5.88 Å². The summed E-state index contributed by atoms with van der Waals surface area (Å²) >= 11 is 11.7. The molecule has 0 nitrogen and oxygen atoms in total. The van der Waals surface area contributed by atoms with E-state index in [4.69, 9.17) is 11.6 Å². The van der Waals surface area contributed by atoms with Crippen molar-refractivity contribution in [2.24, 2.45) is 0 Å². The average molecular weight is 345 g/mol. The largest absolute Gasteiger partial charge is 0.127 e. The molecule has 0 heterocycles. The van der Waals surface area contributed by atoms with Crippen molar-refractivity contribution in [3.8, 4) is 0 Å². The molecule has 0 saturated heterocycles. The fourth-order valence-electron chi connectivity index (χ4n) is 0.448. The van der Waals surface area contributed by atoms with Crippen LogP contribution in [-0.4, -0.2) is 5.88 Å². The summed E-state index contributed by atoms with van der Waals surface area (Å²) in [6, 6.07) is 0. The normalized spacial score (nSPS) is 7.60. The average Bonchev–Trinajstić information content (AvgIpc) is 1.91. The maximum absolute atomic E-state index is 5.42. The molecule has 0 fully saturated rings. The van der Waals surface area contributed by atoms with Crippen LogP contribution in [0.4, 0.5) is 0 Å². The molecule has 0 aromatic rings. The van der Waals surface area contributed by atoms with Crippen LogP contribution in [0, 0.1) is 6.92 Å². The predicted octanol–water partition coefficient (Wildman–Crippen LogP) is 4.31. The molecule has 0 aliphatic heterocycles. The minimum atomic E-state index is -0.250. The van der Waals surface area contributed by atoms with E-state index in [2.05, 4.69) is 34.2 Å². The van der Waals surface area contributed by atoms with Gasteiger partial charge in [-0.05, 0) is 6.42 Å². The van der Waals surface area contributed by atoms with Gasteiger partial charge >= 0.3 is 40.5 Å². The van der Waals surface area contributed by atoms with Gasteiger partial charge in [-0.3, -0.25) is 0 Å². The molecule has 0 bridgehead atoms. The molecule has 0 atom stereocenters. The molecule has 1 radical (unpaired) electrons. The second-order valence-corrected chi connectivity index (χ2v) is 16.2. The Hall–Kier alpha value is 1.87. The van der Waals surface area contributed by atoms with Gasteiger partial charge in [0.1, 0.15) is 0 Å². The Morgan fingerprint density at radius 2 is 1.70 bits per heavy atom. The van der Waals surface area contributed by atoms with E-state index in [0.29, 0.717) is 0 Å². The van der Waals surface area contributed by atoms with Crippen LogP contribution in [-0.2, 0) is 13.2 Å². The van der Waals surface area contributed by atoms with E-state index in [9.17, 15) is 0 Å². The van der Waals surface area contributed by atoms with Crippen LogP contribution in [0.25, 0.3) is 0 Å². The number of alkyl halides is 1. The van der Waals surface area contributed by atoms with Gasteiger partial charge in [0.05, 0.1) is 0 Å². The van der Waals surface area contributed by atoms with Gasteiger partial charge in [0.25, 0.3) is 0 Å². The minimum absolute atomic E-state index is 0.250. The van der Waals surface area contributed by atoms with Crippen LogP contribution in [0.1, 0.15) is 25.7 Å². The zero-order chi connectivity index (χ0) is 8.24. The second kappa shape index (κ2) is 17.1. The van der Waals surface area contributed by atoms with Gasteiger partial charge in [-0.2, -0.15) is 0 Å². The molecule has 59 valence electrons. The fourth-order valence-corrected chi connectivity index (χ4v) is 0.637. The summed E-state index contributed by atoms with van der Waals surface area (Å²) < 4.78 is 0. The summed E-state index contributed by atoms with van der Waals surface area (Å²) in [7, 11) is 0. The molecule has 0 aromatic carbocycles. The molecule has 0 saturated carbocycles. The molecule has 0 aromatic heterocycles. The predicted molar refractivity (Wildman–Crippen MR) is 52.4 cm³/mol. The summed E-state index contributed by atoms with van der Waals surface area (Å²) in [6.45, 7) is 3.71. The standard InChI is InChI=1S/C6H12Cl.2BrH.Zn/c1-2-3-4-5-6-7;;;/h1-6H2;2*1H;/q;;;+2/p-2. The Bertz CT molecular complexity index is 42.7. The Morgan fingerprint density at radius 3 is 2.00 bits per heavy atom. The third-order valence-electron chi connectivity index (χ3n) is 0.884. The zero-order valence-corrected chi connectivity index (χ0v) is 13.0. The molecule has 0 aliphatic rings. The quantitative estimate of drug-likeness (QED) is 0.405. The summed E-state index contributed by atoms with van der Waals surface area (Å²) in [5.74, 6) is 0.806. The first kappa shape index (κ1) is 14.4.